The summed E-state index contributed by atoms with van der Waals surface area (Å²) in [5.41, 5.74) is 0. The van der Waals surface area contributed by atoms with Crippen molar-refractivity contribution in [2.75, 3.05) is 46.5 Å². The second-order valence-electron chi connectivity index (χ2n) is 4.01. The SMILES string of the molecule is COCCNCCNCCCOc1ccccc1. The van der Waals surface area contributed by atoms with Crippen LogP contribution in [0.5, 0.6) is 5.75 Å². The van der Waals surface area contributed by atoms with E-state index in [0.717, 1.165) is 51.6 Å². The topological polar surface area (TPSA) is 42.5 Å². The Labute approximate surface area is 110 Å². The Morgan fingerprint density at radius 2 is 1.61 bits per heavy atom. The molecule has 0 aromatic heterocycles. The lowest BCUT2D eigenvalue weighted by Crippen LogP contribution is -2.30. The zero-order valence-electron chi connectivity index (χ0n) is 11.2. The van der Waals surface area contributed by atoms with E-state index in [0.29, 0.717) is 0 Å². The van der Waals surface area contributed by atoms with Crippen molar-refractivity contribution in [3.63, 3.8) is 0 Å². The number of rotatable bonds is 11. The fraction of sp³-hybridized carbons (Fsp3) is 0.571. The maximum absolute atomic E-state index is 5.59. The smallest absolute Gasteiger partial charge is 0.119 e. The fourth-order valence-electron chi connectivity index (χ4n) is 1.50. The molecule has 0 spiro atoms. The molecule has 0 radical (unpaired) electrons. The van der Waals surface area contributed by atoms with Crippen molar-refractivity contribution in [3.8, 4) is 5.75 Å². The van der Waals surface area contributed by atoms with Crippen molar-refractivity contribution < 1.29 is 9.47 Å². The average molecular weight is 252 g/mol. The maximum atomic E-state index is 5.59. The molecule has 0 saturated heterocycles. The molecule has 0 aliphatic carbocycles. The summed E-state index contributed by atoms with van der Waals surface area (Å²) < 4.78 is 10.5. The largest absolute Gasteiger partial charge is 0.494 e. The van der Waals surface area contributed by atoms with Gasteiger partial charge >= 0.3 is 0 Å². The van der Waals surface area contributed by atoms with Gasteiger partial charge in [-0.05, 0) is 25.1 Å². The van der Waals surface area contributed by atoms with Gasteiger partial charge in [-0.15, -0.1) is 0 Å². The highest BCUT2D eigenvalue weighted by Crippen LogP contribution is 2.07. The van der Waals surface area contributed by atoms with E-state index in [2.05, 4.69) is 10.6 Å². The summed E-state index contributed by atoms with van der Waals surface area (Å²) in [5, 5.41) is 6.65. The van der Waals surface area contributed by atoms with E-state index < -0.39 is 0 Å². The van der Waals surface area contributed by atoms with E-state index in [1.165, 1.54) is 0 Å². The molecule has 2 N–H and O–H groups in total. The minimum Gasteiger partial charge on any atom is -0.494 e. The predicted molar refractivity (Wildman–Crippen MR) is 74.2 cm³/mol. The van der Waals surface area contributed by atoms with Gasteiger partial charge in [-0.25, -0.2) is 0 Å². The number of hydrogen-bond donors (Lipinski definition) is 2. The lowest BCUT2D eigenvalue weighted by Gasteiger charge is -2.07. The minimum atomic E-state index is 0.758. The van der Waals surface area contributed by atoms with Crippen molar-refractivity contribution in [3.05, 3.63) is 30.3 Å². The molecule has 0 atom stereocenters. The van der Waals surface area contributed by atoms with E-state index >= 15 is 0 Å². The van der Waals surface area contributed by atoms with Gasteiger partial charge in [0.05, 0.1) is 13.2 Å². The molecule has 0 bridgehead atoms. The minimum absolute atomic E-state index is 0.758. The van der Waals surface area contributed by atoms with Crippen LogP contribution < -0.4 is 15.4 Å². The standard InChI is InChI=1S/C14H24N2O2/c1-17-13-11-16-10-9-15-8-5-12-18-14-6-3-2-4-7-14/h2-4,6-7,15-16H,5,8-13H2,1H3. The second kappa shape index (κ2) is 11.0. The lowest BCUT2D eigenvalue weighted by molar-refractivity contribution is 0.199. The van der Waals surface area contributed by atoms with Gasteiger partial charge in [-0.2, -0.15) is 0 Å². The van der Waals surface area contributed by atoms with Gasteiger partial charge in [0.2, 0.25) is 0 Å². The Bertz CT molecular complexity index is 280. The highest BCUT2D eigenvalue weighted by Gasteiger charge is 1.92. The number of methoxy groups -OCH3 is 1. The summed E-state index contributed by atoms with van der Waals surface area (Å²) in [6.07, 6.45) is 1.02. The Balaban J connectivity index is 1.82. The first-order valence-corrected chi connectivity index (χ1v) is 6.51. The van der Waals surface area contributed by atoms with E-state index in [9.17, 15) is 0 Å². The normalized spacial score (nSPS) is 10.5. The van der Waals surface area contributed by atoms with Crippen LogP contribution >= 0.6 is 0 Å². The molecule has 0 fully saturated rings. The Hall–Kier alpha value is -1.10. The summed E-state index contributed by atoms with van der Waals surface area (Å²) in [7, 11) is 1.71. The van der Waals surface area contributed by atoms with Crippen LogP contribution in [0, 0.1) is 0 Å². The van der Waals surface area contributed by atoms with Gasteiger partial charge < -0.3 is 20.1 Å². The summed E-state index contributed by atoms with van der Waals surface area (Å²) >= 11 is 0. The first kappa shape index (κ1) is 15.0. The van der Waals surface area contributed by atoms with Gasteiger partial charge in [0, 0.05) is 26.7 Å². The van der Waals surface area contributed by atoms with E-state index in [1.807, 2.05) is 30.3 Å². The molecular weight excluding hydrogens is 228 g/mol. The molecule has 1 rings (SSSR count). The third-order valence-corrected chi connectivity index (χ3v) is 2.47. The third-order valence-electron chi connectivity index (χ3n) is 2.47. The molecule has 0 aliphatic rings. The first-order chi connectivity index (χ1) is 8.93. The summed E-state index contributed by atoms with van der Waals surface area (Å²) in [6.45, 7) is 5.38. The van der Waals surface area contributed by atoms with Crippen molar-refractivity contribution in [2.24, 2.45) is 0 Å². The van der Waals surface area contributed by atoms with Gasteiger partial charge in [0.15, 0.2) is 0 Å². The number of para-hydroxylation sites is 1. The van der Waals surface area contributed by atoms with Crippen LogP contribution in [-0.4, -0.2) is 46.5 Å². The van der Waals surface area contributed by atoms with Crippen LogP contribution in [-0.2, 0) is 4.74 Å². The molecular formula is C14H24N2O2. The molecule has 1 aromatic rings. The number of ether oxygens (including phenoxy) is 2. The molecule has 0 amide bonds. The maximum Gasteiger partial charge on any atom is 0.119 e. The summed E-state index contributed by atoms with van der Waals surface area (Å²) in [6, 6.07) is 9.92. The van der Waals surface area contributed by atoms with Crippen molar-refractivity contribution in [1.29, 1.82) is 0 Å². The third kappa shape index (κ3) is 8.06. The zero-order valence-corrected chi connectivity index (χ0v) is 11.2. The van der Waals surface area contributed by atoms with Crippen molar-refractivity contribution >= 4 is 0 Å². The Morgan fingerprint density at radius 3 is 2.33 bits per heavy atom. The molecule has 0 saturated carbocycles. The van der Waals surface area contributed by atoms with Crippen molar-refractivity contribution in [1.82, 2.24) is 10.6 Å². The number of benzene rings is 1. The quantitative estimate of drug-likeness (QED) is 0.582. The molecule has 0 heterocycles. The predicted octanol–water partition coefficient (Wildman–Crippen LogP) is 1.28. The van der Waals surface area contributed by atoms with E-state index in [4.69, 9.17) is 9.47 Å². The summed E-state index contributed by atoms with van der Waals surface area (Å²) in [4.78, 5) is 0. The van der Waals surface area contributed by atoms with Crippen LogP contribution in [0.4, 0.5) is 0 Å². The molecule has 4 nitrogen and oxygen atoms in total. The van der Waals surface area contributed by atoms with Crippen LogP contribution in [0.25, 0.3) is 0 Å². The van der Waals surface area contributed by atoms with Gasteiger partial charge in [0.1, 0.15) is 5.75 Å². The molecule has 102 valence electrons. The van der Waals surface area contributed by atoms with Crippen LogP contribution in [0.3, 0.4) is 0 Å². The monoisotopic (exact) mass is 252 g/mol. The highest BCUT2D eigenvalue weighted by molar-refractivity contribution is 5.20. The average Bonchev–Trinajstić information content (AvgIpc) is 2.42. The molecule has 1 aromatic carbocycles. The molecule has 0 unspecified atom stereocenters. The first-order valence-electron chi connectivity index (χ1n) is 6.51. The number of nitrogens with one attached hydrogen (secondary N) is 2. The number of hydrogen-bond acceptors (Lipinski definition) is 4. The van der Waals surface area contributed by atoms with Gasteiger partial charge in [0.25, 0.3) is 0 Å². The molecule has 4 heteroatoms. The van der Waals surface area contributed by atoms with E-state index in [1.54, 1.807) is 7.11 Å². The van der Waals surface area contributed by atoms with E-state index in [-0.39, 0.29) is 0 Å². The lowest BCUT2D eigenvalue weighted by atomic mass is 10.3. The van der Waals surface area contributed by atoms with Crippen LogP contribution in [0.15, 0.2) is 30.3 Å². The van der Waals surface area contributed by atoms with Crippen LogP contribution in [0.1, 0.15) is 6.42 Å². The van der Waals surface area contributed by atoms with Gasteiger partial charge in [-0.3, -0.25) is 0 Å². The summed E-state index contributed by atoms with van der Waals surface area (Å²) in [5.74, 6) is 0.943. The van der Waals surface area contributed by atoms with Crippen molar-refractivity contribution in [2.45, 2.75) is 6.42 Å². The second-order valence-corrected chi connectivity index (χ2v) is 4.01. The van der Waals surface area contributed by atoms with Gasteiger partial charge in [-0.1, -0.05) is 18.2 Å². The Morgan fingerprint density at radius 1 is 0.889 bits per heavy atom. The molecule has 0 aliphatic heterocycles. The fourth-order valence-corrected chi connectivity index (χ4v) is 1.50. The van der Waals surface area contributed by atoms with Crippen LogP contribution in [0.2, 0.25) is 0 Å². The molecule has 18 heavy (non-hydrogen) atoms. The Kier molecular flexibility index (Phi) is 9.16. The zero-order chi connectivity index (χ0) is 12.9. The highest BCUT2D eigenvalue weighted by atomic mass is 16.5.